The lowest BCUT2D eigenvalue weighted by molar-refractivity contribution is 0.416. The third-order valence-electron chi connectivity index (χ3n) is 3.94. The summed E-state index contributed by atoms with van der Waals surface area (Å²) in [5.74, 6) is 0.546. The molecule has 4 aromatic rings. The van der Waals surface area contributed by atoms with Crippen LogP contribution < -0.4 is 4.74 Å². The van der Waals surface area contributed by atoms with E-state index in [-0.39, 0.29) is 5.15 Å². The topological polar surface area (TPSA) is 48.2 Å². The number of ether oxygens (including phenoxy) is 1. The molecule has 0 radical (unpaired) electrons. The minimum atomic E-state index is -0.401. The van der Waals surface area contributed by atoms with Gasteiger partial charge in [-0.25, -0.2) is 14.4 Å². The van der Waals surface area contributed by atoms with Crippen molar-refractivity contribution in [2.45, 2.75) is 0 Å². The van der Waals surface area contributed by atoms with Crippen LogP contribution in [0.15, 0.2) is 59.3 Å². The number of benzene rings is 2. The van der Waals surface area contributed by atoms with Gasteiger partial charge in [0.2, 0.25) is 5.71 Å². The molecule has 2 aromatic carbocycles. The summed E-state index contributed by atoms with van der Waals surface area (Å²) in [5.41, 5.74) is 1.93. The monoisotopic (exact) mass is 354 g/mol. The van der Waals surface area contributed by atoms with Crippen LogP contribution in [0.1, 0.15) is 0 Å². The van der Waals surface area contributed by atoms with Gasteiger partial charge in [0, 0.05) is 11.1 Å². The molecule has 0 aliphatic carbocycles. The number of fused-ring (bicyclic) bond motifs is 1. The summed E-state index contributed by atoms with van der Waals surface area (Å²) in [6.45, 7) is 0. The molecular weight excluding hydrogens is 343 g/mol. The van der Waals surface area contributed by atoms with Crippen LogP contribution in [0, 0.1) is 5.82 Å². The molecule has 4 nitrogen and oxygen atoms in total. The molecule has 124 valence electrons. The van der Waals surface area contributed by atoms with E-state index in [0.29, 0.717) is 33.7 Å². The molecule has 0 spiro atoms. The quantitative estimate of drug-likeness (QED) is 0.465. The zero-order valence-corrected chi connectivity index (χ0v) is 13.9. The zero-order chi connectivity index (χ0) is 17.4. The fourth-order valence-corrected chi connectivity index (χ4v) is 3.06. The number of hydrogen-bond donors (Lipinski definition) is 0. The van der Waals surface area contributed by atoms with Gasteiger partial charge in [-0.3, -0.25) is 0 Å². The molecule has 0 aliphatic rings. The standard InChI is InChI=1S/C19H12ClFN2O2/c1-24-14-9-5-3-7-12(14)15-16-18(20)22-10-23-19(16)25-17(15)11-6-2-4-8-13(11)21/h2-10H,1H3. The molecule has 0 amide bonds. The van der Waals surface area contributed by atoms with Crippen LogP contribution in [0.5, 0.6) is 5.75 Å². The molecule has 0 unspecified atom stereocenters. The molecule has 0 bridgehead atoms. The minimum absolute atomic E-state index is 0.234. The molecule has 0 N–H and O–H groups in total. The van der Waals surface area contributed by atoms with Crippen molar-refractivity contribution in [3.8, 4) is 28.2 Å². The van der Waals surface area contributed by atoms with E-state index in [1.54, 1.807) is 25.3 Å². The van der Waals surface area contributed by atoms with Crippen molar-refractivity contribution >= 4 is 22.7 Å². The molecule has 0 saturated heterocycles. The predicted molar refractivity (Wildman–Crippen MR) is 94.2 cm³/mol. The van der Waals surface area contributed by atoms with Gasteiger partial charge in [0.15, 0.2) is 0 Å². The number of hydrogen-bond acceptors (Lipinski definition) is 4. The largest absolute Gasteiger partial charge is 0.496 e. The van der Waals surface area contributed by atoms with Gasteiger partial charge in [0.25, 0.3) is 0 Å². The first-order valence-corrected chi connectivity index (χ1v) is 7.89. The Bertz CT molecular complexity index is 1080. The smallest absolute Gasteiger partial charge is 0.231 e. The van der Waals surface area contributed by atoms with Gasteiger partial charge in [0.05, 0.1) is 18.1 Å². The minimum Gasteiger partial charge on any atom is -0.496 e. The van der Waals surface area contributed by atoms with Gasteiger partial charge in [-0.2, -0.15) is 0 Å². The SMILES string of the molecule is COc1ccccc1-c1c(-c2ccccc2F)oc2ncnc(Cl)c12. The first kappa shape index (κ1) is 15.6. The summed E-state index contributed by atoms with van der Waals surface area (Å²) >= 11 is 6.30. The van der Waals surface area contributed by atoms with Crippen LogP contribution in [0.3, 0.4) is 0 Å². The number of nitrogens with zero attached hydrogens (tertiary/aromatic N) is 2. The van der Waals surface area contributed by atoms with E-state index in [1.165, 1.54) is 12.4 Å². The molecule has 0 atom stereocenters. The van der Waals surface area contributed by atoms with Crippen LogP contribution in [0.4, 0.5) is 4.39 Å². The lowest BCUT2D eigenvalue weighted by atomic mass is 9.98. The van der Waals surface area contributed by atoms with Crippen LogP contribution in [0.25, 0.3) is 33.6 Å². The Hall–Kier alpha value is -2.92. The second-order valence-electron chi connectivity index (χ2n) is 5.33. The third kappa shape index (κ3) is 2.53. The van der Waals surface area contributed by atoms with E-state index in [4.69, 9.17) is 20.8 Å². The van der Waals surface area contributed by atoms with Crippen LogP contribution in [0.2, 0.25) is 5.15 Å². The highest BCUT2D eigenvalue weighted by molar-refractivity contribution is 6.35. The van der Waals surface area contributed by atoms with Gasteiger partial charge in [-0.1, -0.05) is 41.9 Å². The second kappa shape index (κ2) is 6.18. The molecule has 0 fully saturated rings. The Morgan fingerprint density at radius 3 is 2.48 bits per heavy atom. The number of furan rings is 1. The average Bonchev–Trinajstić information content (AvgIpc) is 3.02. The number of para-hydroxylation sites is 1. The van der Waals surface area contributed by atoms with Crippen molar-refractivity contribution in [1.29, 1.82) is 0 Å². The van der Waals surface area contributed by atoms with Gasteiger partial charge in [0.1, 0.15) is 28.8 Å². The highest BCUT2D eigenvalue weighted by atomic mass is 35.5. The normalized spacial score (nSPS) is 11.0. The van der Waals surface area contributed by atoms with Crippen molar-refractivity contribution in [3.63, 3.8) is 0 Å². The summed E-state index contributed by atoms with van der Waals surface area (Å²) in [5, 5.41) is 0.754. The van der Waals surface area contributed by atoms with Crippen molar-refractivity contribution in [2.24, 2.45) is 0 Å². The molecule has 6 heteroatoms. The zero-order valence-electron chi connectivity index (χ0n) is 13.2. The first-order valence-electron chi connectivity index (χ1n) is 7.52. The van der Waals surface area contributed by atoms with E-state index in [0.717, 1.165) is 5.56 Å². The van der Waals surface area contributed by atoms with Gasteiger partial charge < -0.3 is 9.15 Å². The maximum Gasteiger partial charge on any atom is 0.231 e. The molecule has 4 rings (SSSR count). The van der Waals surface area contributed by atoms with Gasteiger partial charge in [-0.15, -0.1) is 0 Å². The van der Waals surface area contributed by atoms with E-state index in [9.17, 15) is 4.39 Å². The second-order valence-corrected chi connectivity index (χ2v) is 5.69. The van der Waals surface area contributed by atoms with Crippen molar-refractivity contribution in [3.05, 3.63) is 65.8 Å². The number of halogens is 2. The van der Waals surface area contributed by atoms with E-state index >= 15 is 0 Å². The Morgan fingerprint density at radius 2 is 1.72 bits per heavy atom. The lowest BCUT2D eigenvalue weighted by Crippen LogP contribution is -1.90. The lowest BCUT2D eigenvalue weighted by Gasteiger charge is -2.09. The maximum atomic E-state index is 14.4. The van der Waals surface area contributed by atoms with Crippen LogP contribution in [-0.4, -0.2) is 17.1 Å². The predicted octanol–water partition coefficient (Wildman–Crippen LogP) is 5.36. The summed E-state index contributed by atoms with van der Waals surface area (Å²) in [6.07, 6.45) is 1.31. The highest BCUT2D eigenvalue weighted by Crippen LogP contribution is 2.45. The molecular formula is C19H12ClFN2O2. The molecule has 0 aliphatic heterocycles. The van der Waals surface area contributed by atoms with E-state index < -0.39 is 5.82 Å². The molecule has 2 heterocycles. The summed E-state index contributed by atoms with van der Waals surface area (Å²) < 4.78 is 25.8. The summed E-state index contributed by atoms with van der Waals surface area (Å²) in [7, 11) is 1.57. The summed E-state index contributed by atoms with van der Waals surface area (Å²) in [4.78, 5) is 8.17. The number of rotatable bonds is 3. The Balaban J connectivity index is 2.15. The first-order chi connectivity index (χ1) is 12.2. The van der Waals surface area contributed by atoms with Crippen molar-refractivity contribution in [2.75, 3.05) is 7.11 Å². The van der Waals surface area contributed by atoms with Crippen molar-refractivity contribution in [1.82, 2.24) is 9.97 Å². The van der Waals surface area contributed by atoms with Gasteiger partial charge >= 0.3 is 0 Å². The van der Waals surface area contributed by atoms with Crippen molar-refractivity contribution < 1.29 is 13.5 Å². The third-order valence-corrected chi connectivity index (χ3v) is 4.22. The highest BCUT2D eigenvalue weighted by Gasteiger charge is 2.24. The van der Waals surface area contributed by atoms with Crippen LogP contribution in [-0.2, 0) is 0 Å². The van der Waals surface area contributed by atoms with Gasteiger partial charge in [-0.05, 0) is 18.2 Å². The van der Waals surface area contributed by atoms with E-state index in [1.807, 2.05) is 24.3 Å². The number of methoxy groups -OCH3 is 1. The summed E-state index contributed by atoms with van der Waals surface area (Å²) in [6, 6.07) is 13.8. The Labute approximate surface area is 147 Å². The molecule has 0 saturated carbocycles. The Morgan fingerprint density at radius 1 is 1.00 bits per heavy atom. The Kier molecular flexibility index (Phi) is 3.86. The maximum absolute atomic E-state index is 14.4. The van der Waals surface area contributed by atoms with Crippen LogP contribution >= 0.6 is 11.6 Å². The molecule has 25 heavy (non-hydrogen) atoms. The fourth-order valence-electron chi connectivity index (χ4n) is 2.84. The average molecular weight is 355 g/mol. The van der Waals surface area contributed by atoms with E-state index in [2.05, 4.69) is 9.97 Å². The number of aromatic nitrogens is 2. The fraction of sp³-hybridized carbons (Fsp3) is 0.0526. The molecule has 2 aromatic heterocycles.